The molecule has 0 fully saturated rings. The van der Waals surface area contributed by atoms with E-state index in [4.69, 9.17) is 0 Å². The highest BCUT2D eigenvalue weighted by atomic mass is 16.6. The molecule has 0 aliphatic carbocycles. The predicted octanol–water partition coefficient (Wildman–Crippen LogP) is 2.82. The van der Waals surface area contributed by atoms with Gasteiger partial charge in [0.2, 0.25) is 0 Å². The molecule has 0 unspecified atom stereocenters. The Labute approximate surface area is 136 Å². The van der Waals surface area contributed by atoms with E-state index in [-0.39, 0.29) is 17.1 Å². The summed E-state index contributed by atoms with van der Waals surface area (Å²) in [7, 11) is 0. The van der Waals surface area contributed by atoms with Gasteiger partial charge in [0.25, 0.3) is 11.6 Å². The lowest BCUT2D eigenvalue weighted by Crippen LogP contribution is -2.15. The summed E-state index contributed by atoms with van der Waals surface area (Å²) in [5.41, 5.74) is 2.19. The van der Waals surface area contributed by atoms with Crippen LogP contribution in [0.2, 0.25) is 0 Å². The monoisotopic (exact) mass is 326 g/mol. The number of aromatic nitrogens is 2. The second kappa shape index (κ2) is 5.65. The van der Waals surface area contributed by atoms with Gasteiger partial charge in [-0.1, -0.05) is 0 Å². The molecule has 1 aromatic carbocycles. The molecular formula is C16H14N4O4. The molecule has 2 aromatic heterocycles. The van der Waals surface area contributed by atoms with E-state index in [0.717, 1.165) is 17.7 Å². The van der Waals surface area contributed by atoms with E-state index >= 15 is 0 Å². The van der Waals surface area contributed by atoms with Crippen LogP contribution in [-0.4, -0.2) is 25.3 Å². The third-order valence-electron chi connectivity index (χ3n) is 3.61. The Morgan fingerprint density at radius 3 is 2.75 bits per heavy atom. The number of carbonyl (C=O) groups excluding carboxylic acids is 1. The lowest BCUT2D eigenvalue weighted by atomic mass is 10.2. The van der Waals surface area contributed by atoms with E-state index in [1.165, 1.54) is 6.07 Å². The summed E-state index contributed by atoms with van der Waals surface area (Å²) in [6.07, 6.45) is 1.73. The number of aromatic hydroxyl groups is 1. The van der Waals surface area contributed by atoms with E-state index in [1.807, 2.05) is 19.1 Å². The Kier molecular flexibility index (Phi) is 3.64. The molecule has 0 atom stereocenters. The minimum absolute atomic E-state index is 0.0318. The van der Waals surface area contributed by atoms with E-state index in [9.17, 15) is 20.0 Å². The summed E-state index contributed by atoms with van der Waals surface area (Å²) in [5.74, 6) is -0.768. The third kappa shape index (κ3) is 2.65. The highest BCUT2D eigenvalue weighted by Gasteiger charge is 2.19. The van der Waals surface area contributed by atoms with Gasteiger partial charge in [0.1, 0.15) is 17.1 Å². The Morgan fingerprint density at radius 1 is 1.29 bits per heavy atom. The molecule has 3 rings (SSSR count). The second-order valence-electron chi connectivity index (χ2n) is 5.39. The van der Waals surface area contributed by atoms with Crippen molar-refractivity contribution < 1.29 is 14.8 Å². The first-order chi connectivity index (χ1) is 11.4. The fourth-order valence-corrected chi connectivity index (χ4v) is 2.46. The minimum Gasteiger partial charge on any atom is -0.506 e. The molecule has 24 heavy (non-hydrogen) atoms. The molecule has 3 aromatic rings. The normalized spacial score (nSPS) is 10.8. The van der Waals surface area contributed by atoms with Gasteiger partial charge in [-0.15, -0.1) is 0 Å². The molecule has 0 aliphatic rings. The number of hydrogen-bond donors (Lipinski definition) is 2. The summed E-state index contributed by atoms with van der Waals surface area (Å²) in [4.78, 5) is 27.1. The minimum atomic E-state index is -0.600. The van der Waals surface area contributed by atoms with Crippen LogP contribution in [0.4, 0.5) is 11.4 Å². The molecule has 122 valence electrons. The van der Waals surface area contributed by atoms with Crippen molar-refractivity contribution in [2.45, 2.75) is 13.8 Å². The number of amides is 1. The van der Waals surface area contributed by atoms with Crippen LogP contribution in [0.15, 0.2) is 36.5 Å². The Bertz CT molecular complexity index is 978. The molecule has 0 radical (unpaired) electrons. The largest absolute Gasteiger partial charge is 0.506 e. The molecule has 8 nitrogen and oxygen atoms in total. The van der Waals surface area contributed by atoms with E-state index in [0.29, 0.717) is 17.0 Å². The highest BCUT2D eigenvalue weighted by molar-refractivity contribution is 6.05. The summed E-state index contributed by atoms with van der Waals surface area (Å²) in [6, 6.07) is 7.12. The average molecular weight is 326 g/mol. The molecule has 1 amide bonds. The van der Waals surface area contributed by atoms with Gasteiger partial charge in [0.15, 0.2) is 0 Å². The zero-order chi connectivity index (χ0) is 17.4. The van der Waals surface area contributed by atoms with Crippen LogP contribution >= 0.6 is 0 Å². The van der Waals surface area contributed by atoms with Crippen molar-refractivity contribution in [3.63, 3.8) is 0 Å². The maximum Gasteiger partial charge on any atom is 0.274 e. The summed E-state index contributed by atoms with van der Waals surface area (Å²) in [5, 5.41) is 23.2. The molecule has 0 saturated carbocycles. The quantitative estimate of drug-likeness (QED) is 0.437. The van der Waals surface area contributed by atoms with Crippen LogP contribution in [0.25, 0.3) is 5.65 Å². The highest BCUT2D eigenvalue weighted by Crippen LogP contribution is 2.28. The lowest BCUT2D eigenvalue weighted by molar-refractivity contribution is -0.384. The smallest absolute Gasteiger partial charge is 0.274 e. The number of non-ortho nitro benzene ring substituents is 1. The van der Waals surface area contributed by atoms with Crippen LogP contribution in [0.1, 0.15) is 21.7 Å². The molecule has 0 spiro atoms. The van der Waals surface area contributed by atoms with Crippen molar-refractivity contribution in [2.75, 3.05) is 5.32 Å². The summed E-state index contributed by atoms with van der Waals surface area (Å²) >= 11 is 0. The number of phenols is 1. The molecule has 0 saturated heterocycles. The van der Waals surface area contributed by atoms with Crippen molar-refractivity contribution in [1.29, 1.82) is 0 Å². The number of nitrogens with one attached hydrogen (secondary N) is 1. The van der Waals surface area contributed by atoms with Gasteiger partial charge in [0, 0.05) is 18.3 Å². The second-order valence-corrected chi connectivity index (χ2v) is 5.39. The van der Waals surface area contributed by atoms with Crippen molar-refractivity contribution in [1.82, 2.24) is 9.38 Å². The molecule has 2 N–H and O–H groups in total. The van der Waals surface area contributed by atoms with Crippen molar-refractivity contribution >= 4 is 22.9 Å². The van der Waals surface area contributed by atoms with E-state index in [2.05, 4.69) is 10.3 Å². The van der Waals surface area contributed by atoms with Gasteiger partial charge >= 0.3 is 0 Å². The van der Waals surface area contributed by atoms with Gasteiger partial charge in [-0.05, 0) is 37.6 Å². The standard InChI is InChI=1S/C16H14N4O4/c1-9-5-6-19-14(7-9)17-10(2)15(19)16(22)18-12-8-11(20(23)24)3-4-13(12)21/h3-8,21H,1-2H3,(H,18,22). The number of imidazole rings is 1. The average Bonchev–Trinajstić information content (AvgIpc) is 2.84. The van der Waals surface area contributed by atoms with Gasteiger partial charge in [-0.2, -0.15) is 0 Å². The zero-order valence-electron chi connectivity index (χ0n) is 13.0. The number of rotatable bonds is 3. The number of benzene rings is 1. The first-order valence-electron chi connectivity index (χ1n) is 7.11. The molecular weight excluding hydrogens is 312 g/mol. The van der Waals surface area contributed by atoms with Crippen LogP contribution < -0.4 is 5.32 Å². The number of hydrogen-bond acceptors (Lipinski definition) is 5. The Morgan fingerprint density at radius 2 is 2.04 bits per heavy atom. The topological polar surface area (TPSA) is 110 Å². The number of carbonyl (C=O) groups is 1. The maximum atomic E-state index is 12.6. The SMILES string of the molecule is Cc1ccn2c(C(=O)Nc3cc([N+](=O)[O-])ccc3O)c(C)nc2c1. The number of anilines is 1. The maximum absolute atomic E-state index is 12.6. The number of pyridine rings is 1. The number of nitro benzene ring substituents is 1. The van der Waals surface area contributed by atoms with Crippen LogP contribution in [0.5, 0.6) is 5.75 Å². The van der Waals surface area contributed by atoms with E-state index < -0.39 is 10.8 Å². The molecule has 2 heterocycles. The van der Waals surface area contributed by atoms with E-state index in [1.54, 1.807) is 17.5 Å². The summed E-state index contributed by atoms with van der Waals surface area (Å²) in [6.45, 7) is 3.62. The van der Waals surface area contributed by atoms with Crippen LogP contribution in [-0.2, 0) is 0 Å². The Hall–Kier alpha value is -3.42. The van der Waals surface area contributed by atoms with Crippen LogP contribution in [0, 0.1) is 24.0 Å². The molecule has 8 heteroatoms. The first-order valence-corrected chi connectivity index (χ1v) is 7.11. The number of nitro groups is 1. The Balaban J connectivity index is 2.01. The van der Waals surface area contributed by atoms with Gasteiger partial charge in [-0.25, -0.2) is 4.98 Å². The van der Waals surface area contributed by atoms with Crippen molar-refractivity contribution in [2.24, 2.45) is 0 Å². The molecule has 0 aliphatic heterocycles. The fraction of sp³-hybridized carbons (Fsp3) is 0.125. The predicted molar refractivity (Wildman–Crippen MR) is 87.4 cm³/mol. The summed E-state index contributed by atoms with van der Waals surface area (Å²) < 4.78 is 1.63. The van der Waals surface area contributed by atoms with Gasteiger partial charge < -0.3 is 10.4 Å². The van der Waals surface area contributed by atoms with Crippen molar-refractivity contribution in [3.8, 4) is 5.75 Å². The first kappa shape index (κ1) is 15.5. The zero-order valence-corrected chi connectivity index (χ0v) is 13.0. The van der Waals surface area contributed by atoms with Gasteiger partial charge in [0.05, 0.1) is 16.3 Å². The number of phenolic OH excluding ortho intramolecular Hbond substituents is 1. The van der Waals surface area contributed by atoms with Crippen LogP contribution in [0.3, 0.4) is 0 Å². The van der Waals surface area contributed by atoms with Crippen molar-refractivity contribution in [3.05, 3.63) is 63.6 Å². The number of fused-ring (bicyclic) bond motifs is 1. The number of nitrogens with zero attached hydrogens (tertiary/aromatic N) is 3. The molecule has 0 bridgehead atoms. The third-order valence-corrected chi connectivity index (χ3v) is 3.61. The lowest BCUT2D eigenvalue weighted by Gasteiger charge is -2.08. The number of aryl methyl sites for hydroxylation is 2. The fourth-order valence-electron chi connectivity index (χ4n) is 2.46. The van der Waals surface area contributed by atoms with Gasteiger partial charge in [-0.3, -0.25) is 19.3 Å².